The van der Waals surface area contributed by atoms with E-state index in [9.17, 15) is 14.7 Å². The first-order valence-corrected chi connectivity index (χ1v) is 10.5. The van der Waals surface area contributed by atoms with Gasteiger partial charge in [-0.2, -0.15) is 5.06 Å². The molecule has 0 aromatic heterocycles. The Hall–Kier alpha value is -2.96. The number of hydroxylamine groups is 2. The van der Waals surface area contributed by atoms with Gasteiger partial charge < -0.3 is 20.9 Å². The molecule has 1 aliphatic carbocycles. The monoisotopic (exact) mass is 437 g/mol. The zero-order chi connectivity index (χ0) is 23.0. The fourth-order valence-corrected chi connectivity index (χ4v) is 4.64. The molecule has 0 spiro atoms. The third-order valence-electron chi connectivity index (χ3n) is 6.09. The van der Waals surface area contributed by atoms with Crippen LogP contribution in [0.4, 0.5) is 0 Å². The standard InChI is InChI=1S/C24H27N3O5/c1-4-10-26-22(29)19-18-20(28)21-17(31-21)12-24(18,23(25)30)32-27(19)13-16-7-5-6-15(11-16)9-8-14(2)3/h4-7,11,17-21,28H,1-2,10,12-13H2,3H3,(H2,25,30)(H,26,29)/t17?,18?,19?,20?,21?,24-/m0/s1. The first kappa shape index (κ1) is 22.2. The Balaban J connectivity index is 1.67. The van der Waals surface area contributed by atoms with E-state index in [-0.39, 0.29) is 31.5 Å². The van der Waals surface area contributed by atoms with Crippen molar-refractivity contribution < 1.29 is 24.3 Å². The Labute approximate surface area is 187 Å². The summed E-state index contributed by atoms with van der Waals surface area (Å²) in [5.74, 6) is 4.01. The molecule has 6 atom stereocenters. The smallest absolute Gasteiger partial charge is 0.252 e. The Kier molecular flexibility index (Phi) is 5.93. The lowest BCUT2D eigenvalue weighted by atomic mass is 9.70. The van der Waals surface area contributed by atoms with Crippen LogP contribution in [0.5, 0.6) is 0 Å². The lowest BCUT2D eigenvalue weighted by Gasteiger charge is -2.35. The highest BCUT2D eigenvalue weighted by Crippen LogP contribution is 2.53. The lowest BCUT2D eigenvalue weighted by molar-refractivity contribution is -0.217. The molecule has 1 saturated carbocycles. The quantitative estimate of drug-likeness (QED) is 0.337. The topological polar surface area (TPSA) is 117 Å². The van der Waals surface area contributed by atoms with Crippen molar-refractivity contribution in [1.29, 1.82) is 0 Å². The first-order valence-electron chi connectivity index (χ1n) is 10.5. The van der Waals surface area contributed by atoms with Crippen LogP contribution in [-0.4, -0.2) is 58.5 Å². The second kappa shape index (κ2) is 8.52. The van der Waals surface area contributed by atoms with Crippen LogP contribution in [0.3, 0.4) is 0 Å². The Morgan fingerprint density at radius 3 is 2.94 bits per heavy atom. The predicted molar refractivity (Wildman–Crippen MR) is 116 cm³/mol. The van der Waals surface area contributed by atoms with Crippen molar-refractivity contribution in [2.75, 3.05) is 6.54 Å². The van der Waals surface area contributed by atoms with Gasteiger partial charge in [0.2, 0.25) is 5.91 Å². The third kappa shape index (κ3) is 3.96. The lowest BCUT2D eigenvalue weighted by Crippen LogP contribution is -2.60. The van der Waals surface area contributed by atoms with E-state index in [1.165, 1.54) is 5.06 Å². The van der Waals surface area contributed by atoms with E-state index in [1.807, 2.05) is 31.2 Å². The van der Waals surface area contributed by atoms with E-state index >= 15 is 0 Å². The summed E-state index contributed by atoms with van der Waals surface area (Å²) >= 11 is 0. The van der Waals surface area contributed by atoms with Crippen LogP contribution >= 0.6 is 0 Å². The number of amides is 2. The summed E-state index contributed by atoms with van der Waals surface area (Å²) < 4.78 is 5.50. The van der Waals surface area contributed by atoms with E-state index < -0.39 is 35.7 Å². The van der Waals surface area contributed by atoms with Crippen LogP contribution in [0.2, 0.25) is 0 Å². The van der Waals surface area contributed by atoms with E-state index in [4.69, 9.17) is 15.3 Å². The normalized spacial score (nSPS) is 32.6. The average Bonchev–Trinajstić information content (AvgIpc) is 3.44. The Morgan fingerprint density at radius 2 is 2.25 bits per heavy atom. The van der Waals surface area contributed by atoms with Crippen LogP contribution in [0.1, 0.15) is 24.5 Å². The molecule has 5 unspecified atom stereocenters. The number of allylic oxidation sites excluding steroid dienone is 1. The molecule has 0 bridgehead atoms. The van der Waals surface area contributed by atoms with Crippen molar-refractivity contribution in [2.24, 2.45) is 11.7 Å². The van der Waals surface area contributed by atoms with Gasteiger partial charge in [0.15, 0.2) is 5.60 Å². The van der Waals surface area contributed by atoms with Crippen molar-refractivity contribution in [1.82, 2.24) is 10.4 Å². The zero-order valence-corrected chi connectivity index (χ0v) is 17.9. The number of nitrogens with two attached hydrogens (primary N) is 1. The summed E-state index contributed by atoms with van der Waals surface area (Å²) in [6.45, 7) is 9.66. The fraction of sp³-hybridized carbons (Fsp3) is 0.417. The summed E-state index contributed by atoms with van der Waals surface area (Å²) in [6, 6.07) is 6.55. The SMILES string of the molecule is C=CCNC(=O)C1C2C(O)C3OC3C[C@]2(C(N)=O)ON1Cc1cccc(C#CC(=C)C)c1. The molecule has 2 heterocycles. The van der Waals surface area contributed by atoms with Crippen LogP contribution in [0.25, 0.3) is 0 Å². The first-order chi connectivity index (χ1) is 15.3. The van der Waals surface area contributed by atoms with Crippen LogP contribution in [-0.2, 0) is 25.7 Å². The molecule has 3 aliphatic rings. The number of carbonyl (C=O) groups excluding carboxylic acids is 2. The van der Waals surface area contributed by atoms with Crippen molar-refractivity contribution >= 4 is 11.8 Å². The van der Waals surface area contributed by atoms with Gasteiger partial charge in [-0.05, 0) is 30.2 Å². The molecule has 32 heavy (non-hydrogen) atoms. The van der Waals surface area contributed by atoms with Crippen LogP contribution in [0, 0.1) is 17.8 Å². The molecular weight excluding hydrogens is 410 g/mol. The number of nitrogens with zero attached hydrogens (tertiary/aromatic N) is 1. The molecule has 8 nitrogen and oxygen atoms in total. The van der Waals surface area contributed by atoms with Gasteiger partial charge in [0.25, 0.3) is 5.91 Å². The molecule has 2 amide bonds. The number of primary amides is 1. The number of epoxide rings is 1. The molecular formula is C24H27N3O5. The molecule has 1 aromatic carbocycles. The number of rotatable bonds is 6. The summed E-state index contributed by atoms with van der Waals surface area (Å²) in [5.41, 5.74) is 6.60. The molecule has 2 saturated heterocycles. The number of aliphatic hydroxyl groups is 1. The summed E-state index contributed by atoms with van der Waals surface area (Å²) in [6.07, 6.45) is -0.0441. The number of nitrogens with one attached hydrogen (secondary N) is 1. The minimum Gasteiger partial charge on any atom is -0.390 e. The number of hydrogen-bond donors (Lipinski definition) is 3. The van der Waals surface area contributed by atoms with E-state index in [1.54, 1.807) is 6.08 Å². The molecule has 4 N–H and O–H groups in total. The van der Waals surface area contributed by atoms with E-state index in [0.29, 0.717) is 0 Å². The maximum absolute atomic E-state index is 13.1. The highest BCUT2D eigenvalue weighted by atomic mass is 16.7. The zero-order valence-electron chi connectivity index (χ0n) is 17.9. The number of benzene rings is 1. The van der Waals surface area contributed by atoms with Gasteiger partial charge >= 0.3 is 0 Å². The average molecular weight is 437 g/mol. The summed E-state index contributed by atoms with van der Waals surface area (Å²) in [7, 11) is 0. The predicted octanol–water partition coefficient (Wildman–Crippen LogP) is 0.405. The minimum absolute atomic E-state index is 0.195. The van der Waals surface area contributed by atoms with Crippen molar-refractivity contribution in [3.8, 4) is 11.8 Å². The molecule has 1 aromatic rings. The van der Waals surface area contributed by atoms with Crippen LogP contribution in [0.15, 0.2) is 49.1 Å². The van der Waals surface area contributed by atoms with Gasteiger partial charge in [-0.25, -0.2) is 0 Å². The molecule has 168 valence electrons. The highest BCUT2D eigenvalue weighted by molar-refractivity contribution is 5.89. The largest absolute Gasteiger partial charge is 0.390 e. The fourth-order valence-electron chi connectivity index (χ4n) is 4.64. The summed E-state index contributed by atoms with van der Waals surface area (Å²) in [4.78, 5) is 31.8. The number of aliphatic hydroxyl groups excluding tert-OH is 1. The van der Waals surface area contributed by atoms with Crippen LogP contribution < -0.4 is 11.1 Å². The number of hydrogen-bond acceptors (Lipinski definition) is 6. The van der Waals surface area contributed by atoms with Gasteiger partial charge in [-0.1, -0.05) is 36.6 Å². The van der Waals surface area contributed by atoms with Crippen molar-refractivity contribution in [3.63, 3.8) is 0 Å². The van der Waals surface area contributed by atoms with Crippen molar-refractivity contribution in [2.45, 2.75) is 49.8 Å². The van der Waals surface area contributed by atoms with E-state index in [2.05, 4.69) is 30.3 Å². The molecule has 0 radical (unpaired) electrons. The maximum Gasteiger partial charge on any atom is 0.252 e. The molecule has 4 rings (SSSR count). The van der Waals surface area contributed by atoms with Gasteiger partial charge in [0.1, 0.15) is 12.1 Å². The molecule has 8 heteroatoms. The Morgan fingerprint density at radius 1 is 1.47 bits per heavy atom. The van der Waals surface area contributed by atoms with Gasteiger partial charge in [0.05, 0.1) is 24.7 Å². The minimum atomic E-state index is -1.52. The Bertz CT molecular complexity index is 1030. The van der Waals surface area contributed by atoms with Gasteiger partial charge in [0, 0.05) is 18.5 Å². The molecule has 2 aliphatic heterocycles. The number of ether oxygens (including phenoxy) is 1. The second-order valence-corrected chi connectivity index (χ2v) is 8.49. The summed E-state index contributed by atoms with van der Waals surface area (Å²) in [5, 5.41) is 15.1. The third-order valence-corrected chi connectivity index (χ3v) is 6.09. The van der Waals surface area contributed by atoms with E-state index in [0.717, 1.165) is 16.7 Å². The second-order valence-electron chi connectivity index (χ2n) is 8.49. The van der Waals surface area contributed by atoms with Gasteiger partial charge in [-0.15, -0.1) is 6.58 Å². The highest BCUT2D eigenvalue weighted by Gasteiger charge is 2.72. The number of fused-ring (bicyclic) bond motifs is 2. The molecule has 3 fully saturated rings. The maximum atomic E-state index is 13.1. The van der Waals surface area contributed by atoms with Gasteiger partial charge in [-0.3, -0.25) is 14.4 Å². The number of carbonyl (C=O) groups is 2. The van der Waals surface area contributed by atoms with Crippen molar-refractivity contribution in [3.05, 3.63) is 60.2 Å².